The Morgan fingerprint density at radius 3 is 2.72 bits per heavy atom. The summed E-state index contributed by atoms with van der Waals surface area (Å²) in [5, 5.41) is 24.0. The van der Waals surface area contributed by atoms with E-state index < -0.39 is 4.92 Å². The highest BCUT2D eigenvalue weighted by Crippen LogP contribution is 2.28. The molecule has 0 amide bonds. The molecular weight excluding hydrogens is 324 g/mol. The van der Waals surface area contributed by atoms with Crippen molar-refractivity contribution < 1.29 is 14.8 Å². The topological polar surface area (TPSA) is 110 Å². The van der Waals surface area contributed by atoms with Crippen molar-refractivity contribution in [2.45, 2.75) is 26.3 Å². The van der Waals surface area contributed by atoms with Gasteiger partial charge in [-0.1, -0.05) is 20.3 Å². The maximum atomic E-state index is 12.5. The third kappa shape index (κ3) is 4.03. The number of rotatable bonds is 8. The summed E-state index contributed by atoms with van der Waals surface area (Å²) in [6.07, 6.45) is 3.95. The van der Waals surface area contributed by atoms with Gasteiger partial charge in [0.05, 0.1) is 17.6 Å². The van der Waals surface area contributed by atoms with E-state index in [0.29, 0.717) is 0 Å². The van der Waals surface area contributed by atoms with Gasteiger partial charge in [0.1, 0.15) is 5.69 Å². The van der Waals surface area contributed by atoms with Gasteiger partial charge in [0.25, 0.3) is 5.69 Å². The van der Waals surface area contributed by atoms with Crippen molar-refractivity contribution in [3.05, 3.63) is 52.1 Å². The van der Waals surface area contributed by atoms with Crippen LogP contribution in [-0.2, 0) is 7.05 Å². The number of carbonyl (C=O) groups excluding carboxylic acids is 1. The Balaban J connectivity index is 2.36. The number of nitro benzene ring substituents is 1. The summed E-state index contributed by atoms with van der Waals surface area (Å²) in [6.45, 7) is 3.80. The monoisotopic (exact) mass is 346 g/mol. The summed E-state index contributed by atoms with van der Waals surface area (Å²) in [5.41, 5.74) is 0.262. The van der Waals surface area contributed by atoms with Gasteiger partial charge < -0.3 is 15.0 Å². The quantitative estimate of drug-likeness (QED) is 0.431. The lowest BCUT2D eigenvalue weighted by Gasteiger charge is -2.23. The third-order valence-corrected chi connectivity index (χ3v) is 4.35. The lowest BCUT2D eigenvalue weighted by atomic mass is 9.99. The van der Waals surface area contributed by atoms with Crippen LogP contribution < -0.4 is 5.32 Å². The average Bonchev–Trinajstić information content (AvgIpc) is 3.04. The zero-order chi connectivity index (χ0) is 18.6. The van der Waals surface area contributed by atoms with Crippen LogP contribution in [0.4, 0.5) is 11.4 Å². The molecule has 0 bridgehead atoms. The van der Waals surface area contributed by atoms with Gasteiger partial charge >= 0.3 is 0 Å². The molecule has 0 unspecified atom stereocenters. The SMILES string of the molecule is CC[C@@H](C)[C@@H](CO)Nc1ccc(C(=O)c2nccn2C)cc1[N+](=O)[O-]. The molecule has 0 saturated carbocycles. The number of nitrogens with zero attached hydrogens (tertiary/aromatic N) is 3. The standard InChI is InChI=1S/C17H22N4O4/c1-4-11(2)14(10-22)19-13-6-5-12(9-15(13)21(24)25)16(23)17-18-7-8-20(17)3/h5-9,11,14,19,22H,4,10H2,1-3H3/t11-,14-/m1/s1. The predicted molar refractivity (Wildman–Crippen MR) is 93.7 cm³/mol. The van der Waals surface area contributed by atoms with Crippen LogP contribution in [0.5, 0.6) is 0 Å². The van der Waals surface area contributed by atoms with E-state index in [1.807, 2.05) is 13.8 Å². The van der Waals surface area contributed by atoms with Gasteiger partial charge in [-0.15, -0.1) is 0 Å². The first kappa shape index (κ1) is 18.6. The van der Waals surface area contributed by atoms with Crippen LogP contribution in [0.15, 0.2) is 30.6 Å². The van der Waals surface area contributed by atoms with Crippen LogP contribution in [0.2, 0.25) is 0 Å². The highest BCUT2D eigenvalue weighted by atomic mass is 16.6. The second-order valence-electron chi connectivity index (χ2n) is 6.00. The number of anilines is 1. The largest absolute Gasteiger partial charge is 0.394 e. The number of aliphatic hydroxyl groups is 1. The van der Waals surface area contributed by atoms with E-state index in [1.165, 1.54) is 24.4 Å². The number of nitro groups is 1. The number of hydrogen-bond acceptors (Lipinski definition) is 6. The van der Waals surface area contributed by atoms with Crippen molar-refractivity contribution in [1.82, 2.24) is 9.55 Å². The van der Waals surface area contributed by atoms with Crippen molar-refractivity contribution >= 4 is 17.2 Å². The third-order valence-electron chi connectivity index (χ3n) is 4.35. The lowest BCUT2D eigenvalue weighted by molar-refractivity contribution is -0.384. The normalized spacial score (nSPS) is 13.3. The molecule has 1 aromatic heterocycles. The molecule has 0 aliphatic carbocycles. The number of hydrogen-bond donors (Lipinski definition) is 2. The maximum Gasteiger partial charge on any atom is 0.293 e. The fourth-order valence-electron chi connectivity index (χ4n) is 2.51. The molecule has 25 heavy (non-hydrogen) atoms. The Morgan fingerprint density at radius 1 is 1.48 bits per heavy atom. The van der Waals surface area contributed by atoms with Crippen LogP contribution >= 0.6 is 0 Å². The van der Waals surface area contributed by atoms with E-state index in [0.717, 1.165) is 6.42 Å². The smallest absolute Gasteiger partial charge is 0.293 e. The molecule has 2 N–H and O–H groups in total. The molecule has 8 heteroatoms. The number of aliphatic hydroxyl groups excluding tert-OH is 1. The van der Waals surface area contributed by atoms with Crippen LogP contribution in [0.1, 0.15) is 36.5 Å². The molecule has 0 fully saturated rings. The van der Waals surface area contributed by atoms with Gasteiger partial charge in [-0.25, -0.2) is 4.98 Å². The fraction of sp³-hybridized carbons (Fsp3) is 0.412. The van der Waals surface area contributed by atoms with E-state index in [9.17, 15) is 20.0 Å². The molecule has 1 heterocycles. The minimum atomic E-state index is -0.539. The molecule has 0 aliphatic heterocycles. The van der Waals surface area contributed by atoms with Crippen LogP contribution in [-0.4, -0.2) is 38.0 Å². The Labute approximate surface area is 145 Å². The fourth-order valence-corrected chi connectivity index (χ4v) is 2.51. The van der Waals surface area contributed by atoms with Crippen molar-refractivity contribution in [2.75, 3.05) is 11.9 Å². The Bertz CT molecular complexity index is 772. The highest BCUT2D eigenvalue weighted by Gasteiger charge is 2.23. The van der Waals surface area contributed by atoms with E-state index in [-0.39, 0.29) is 47.1 Å². The number of aromatic nitrogens is 2. The highest BCUT2D eigenvalue weighted by molar-refractivity contribution is 6.07. The van der Waals surface area contributed by atoms with E-state index in [1.54, 1.807) is 17.8 Å². The van der Waals surface area contributed by atoms with Crippen LogP contribution in [0.25, 0.3) is 0 Å². The van der Waals surface area contributed by atoms with Crippen molar-refractivity contribution in [3.8, 4) is 0 Å². The molecule has 0 aliphatic rings. The maximum absolute atomic E-state index is 12.5. The summed E-state index contributed by atoms with van der Waals surface area (Å²) in [7, 11) is 1.68. The summed E-state index contributed by atoms with van der Waals surface area (Å²) >= 11 is 0. The Morgan fingerprint density at radius 2 is 2.20 bits per heavy atom. The molecule has 0 saturated heterocycles. The summed E-state index contributed by atoms with van der Waals surface area (Å²) in [6, 6.07) is 3.96. The molecule has 1 aromatic carbocycles. The van der Waals surface area contributed by atoms with Crippen molar-refractivity contribution in [2.24, 2.45) is 13.0 Å². The number of nitrogens with one attached hydrogen (secondary N) is 1. The summed E-state index contributed by atoms with van der Waals surface area (Å²) in [4.78, 5) is 27.4. The molecule has 2 aromatic rings. The van der Waals surface area contributed by atoms with Crippen LogP contribution in [0.3, 0.4) is 0 Å². The van der Waals surface area contributed by atoms with Crippen molar-refractivity contribution in [1.29, 1.82) is 0 Å². The second kappa shape index (κ2) is 7.89. The lowest BCUT2D eigenvalue weighted by Crippen LogP contribution is -2.31. The predicted octanol–water partition coefficient (Wildman–Crippen LogP) is 2.38. The second-order valence-corrected chi connectivity index (χ2v) is 6.00. The first-order valence-corrected chi connectivity index (χ1v) is 8.06. The molecule has 0 radical (unpaired) electrons. The summed E-state index contributed by atoms with van der Waals surface area (Å²) < 4.78 is 1.56. The van der Waals surface area contributed by atoms with Gasteiger partial charge in [-0.3, -0.25) is 14.9 Å². The van der Waals surface area contributed by atoms with Gasteiger partial charge in [0.2, 0.25) is 5.78 Å². The first-order chi connectivity index (χ1) is 11.9. The molecule has 2 atom stereocenters. The number of benzene rings is 1. The van der Waals surface area contributed by atoms with Gasteiger partial charge in [0.15, 0.2) is 5.82 Å². The Hall–Kier alpha value is -2.74. The molecule has 2 rings (SSSR count). The average molecular weight is 346 g/mol. The number of ketones is 1. The first-order valence-electron chi connectivity index (χ1n) is 8.06. The van der Waals surface area contributed by atoms with Gasteiger partial charge in [-0.2, -0.15) is 0 Å². The molecule has 0 spiro atoms. The minimum absolute atomic E-state index is 0.137. The van der Waals surface area contributed by atoms with E-state index >= 15 is 0 Å². The van der Waals surface area contributed by atoms with Gasteiger partial charge in [0, 0.05) is 31.1 Å². The molecular formula is C17H22N4O4. The van der Waals surface area contributed by atoms with Gasteiger partial charge in [-0.05, 0) is 18.1 Å². The molecule has 8 nitrogen and oxygen atoms in total. The zero-order valence-electron chi connectivity index (χ0n) is 14.5. The van der Waals surface area contributed by atoms with Crippen molar-refractivity contribution in [3.63, 3.8) is 0 Å². The van der Waals surface area contributed by atoms with E-state index in [2.05, 4.69) is 10.3 Å². The zero-order valence-corrected chi connectivity index (χ0v) is 14.5. The minimum Gasteiger partial charge on any atom is -0.394 e. The molecule has 134 valence electrons. The number of aryl methyl sites for hydroxylation is 1. The number of imidazole rings is 1. The number of carbonyl (C=O) groups is 1. The summed E-state index contributed by atoms with van der Waals surface area (Å²) in [5.74, 6) is -0.0379. The van der Waals surface area contributed by atoms with E-state index in [4.69, 9.17) is 0 Å². The Kier molecular flexibility index (Phi) is 5.87. The van der Waals surface area contributed by atoms with Crippen LogP contribution in [0, 0.1) is 16.0 Å².